The van der Waals surface area contributed by atoms with Gasteiger partial charge < -0.3 is 0 Å². The Hall–Kier alpha value is -0.450. The van der Waals surface area contributed by atoms with Crippen LogP contribution in [-0.4, -0.2) is 6.04 Å². The first-order valence-electron chi connectivity index (χ1n) is 2.90. The Bertz CT molecular complexity index is 166. The summed E-state index contributed by atoms with van der Waals surface area (Å²) in [5.74, 6) is 2.59. The number of halogens is 1. The van der Waals surface area contributed by atoms with Crippen molar-refractivity contribution in [1.82, 2.24) is 4.84 Å². The van der Waals surface area contributed by atoms with Crippen molar-refractivity contribution in [2.75, 3.05) is 0 Å². The number of hydrogen-bond donors (Lipinski definition) is 1. The maximum atomic E-state index is 5.37. The van der Waals surface area contributed by atoms with Gasteiger partial charge in [-0.1, -0.05) is 12.0 Å². The van der Waals surface area contributed by atoms with Gasteiger partial charge in [-0.15, -0.1) is 6.42 Å². The van der Waals surface area contributed by atoms with Gasteiger partial charge in [0.15, 0.2) is 0 Å². The van der Waals surface area contributed by atoms with E-state index in [1.807, 2.05) is 6.08 Å². The van der Waals surface area contributed by atoms with Crippen LogP contribution in [0.25, 0.3) is 0 Å². The van der Waals surface area contributed by atoms with Crippen LogP contribution < -0.4 is 4.84 Å². The lowest BCUT2D eigenvalue weighted by molar-refractivity contribution is 0.725. The summed E-state index contributed by atoms with van der Waals surface area (Å²) < 4.78 is 0. The number of allylic oxidation sites excluding steroid dienone is 1. The Morgan fingerprint density at radius 1 is 1.89 bits per heavy atom. The molecule has 1 rings (SSSR count). The normalized spacial score (nSPS) is 25.3. The fourth-order valence-corrected chi connectivity index (χ4v) is 1.10. The van der Waals surface area contributed by atoms with E-state index in [1.54, 1.807) is 0 Å². The zero-order valence-corrected chi connectivity index (χ0v) is 5.78. The Morgan fingerprint density at radius 2 is 2.67 bits per heavy atom. The number of nitrogens with one attached hydrogen (secondary N) is 1. The molecule has 1 aliphatic carbocycles. The van der Waals surface area contributed by atoms with Crippen molar-refractivity contribution in [1.29, 1.82) is 0 Å². The van der Waals surface area contributed by atoms with Gasteiger partial charge in [0.25, 0.3) is 0 Å². The smallest absolute Gasteiger partial charge is 0.0416 e. The number of rotatable bonds is 1. The summed E-state index contributed by atoms with van der Waals surface area (Å²) in [4.78, 5) is 2.63. The third-order valence-corrected chi connectivity index (χ3v) is 1.73. The maximum absolute atomic E-state index is 5.37. The van der Waals surface area contributed by atoms with Gasteiger partial charge >= 0.3 is 0 Å². The quantitative estimate of drug-likeness (QED) is 0.431. The predicted molar refractivity (Wildman–Crippen MR) is 38.9 cm³/mol. The van der Waals surface area contributed by atoms with Gasteiger partial charge in [-0.05, 0) is 30.2 Å². The molecule has 0 saturated carbocycles. The molecule has 1 atom stereocenters. The van der Waals surface area contributed by atoms with Gasteiger partial charge in [-0.2, -0.15) is 0 Å². The van der Waals surface area contributed by atoms with Crippen LogP contribution in [-0.2, 0) is 0 Å². The van der Waals surface area contributed by atoms with Crippen molar-refractivity contribution in [2.45, 2.75) is 18.9 Å². The highest BCUT2D eigenvalue weighted by atomic mass is 35.5. The van der Waals surface area contributed by atoms with Crippen molar-refractivity contribution in [2.24, 2.45) is 0 Å². The number of terminal acetylenes is 1. The van der Waals surface area contributed by atoms with Crippen molar-refractivity contribution in [3.63, 3.8) is 0 Å². The highest BCUT2D eigenvalue weighted by Crippen LogP contribution is 2.17. The highest BCUT2D eigenvalue weighted by Gasteiger charge is 2.11. The molecule has 0 amide bonds. The molecule has 0 spiro atoms. The average molecular weight is 142 g/mol. The molecular weight excluding hydrogens is 134 g/mol. The summed E-state index contributed by atoms with van der Waals surface area (Å²) in [6.45, 7) is 0. The second kappa shape index (κ2) is 2.91. The molecule has 2 heteroatoms. The lowest BCUT2D eigenvalue weighted by Gasteiger charge is -1.98. The first-order valence-corrected chi connectivity index (χ1v) is 3.28. The third kappa shape index (κ3) is 1.48. The van der Waals surface area contributed by atoms with Crippen LogP contribution in [0.4, 0.5) is 0 Å². The zero-order chi connectivity index (χ0) is 6.69. The fraction of sp³-hybridized carbons (Fsp3) is 0.429. The molecule has 0 saturated heterocycles. The summed E-state index contributed by atoms with van der Waals surface area (Å²) in [5.41, 5.74) is 1.06. The second-order valence-corrected chi connectivity index (χ2v) is 2.31. The molecule has 0 aromatic rings. The minimum Gasteiger partial charge on any atom is -0.227 e. The molecule has 9 heavy (non-hydrogen) atoms. The SMILES string of the molecule is C#CC1=C[C@H](NCl)CC1. The lowest BCUT2D eigenvalue weighted by atomic mass is 10.2. The minimum atomic E-state index is 0.290. The second-order valence-electron chi connectivity index (χ2n) is 2.09. The van der Waals surface area contributed by atoms with Crippen LogP contribution in [0.15, 0.2) is 11.6 Å². The van der Waals surface area contributed by atoms with Crippen LogP contribution in [0.3, 0.4) is 0 Å². The molecule has 1 aliphatic rings. The van der Waals surface area contributed by atoms with Gasteiger partial charge in [0.2, 0.25) is 0 Å². The van der Waals surface area contributed by atoms with Crippen molar-refractivity contribution >= 4 is 11.8 Å². The first-order chi connectivity index (χ1) is 4.36. The topological polar surface area (TPSA) is 12.0 Å². The molecule has 0 aromatic heterocycles. The Labute approximate surface area is 60.2 Å². The summed E-state index contributed by atoms with van der Waals surface area (Å²) in [6, 6.07) is 0.290. The summed E-state index contributed by atoms with van der Waals surface area (Å²) in [7, 11) is 0. The van der Waals surface area contributed by atoms with Crippen LogP contribution in [0, 0.1) is 12.3 Å². The van der Waals surface area contributed by atoms with Crippen LogP contribution in [0.2, 0.25) is 0 Å². The maximum Gasteiger partial charge on any atom is 0.0416 e. The van der Waals surface area contributed by atoms with Crippen LogP contribution in [0.5, 0.6) is 0 Å². The van der Waals surface area contributed by atoms with Crippen LogP contribution >= 0.6 is 11.8 Å². The van der Waals surface area contributed by atoms with Gasteiger partial charge in [0.05, 0.1) is 0 Å². The molecule has 0 bridgehead atoms. The van der Waals surface area contributed by atoms with E-state index in [2.05, 4.69) is 10.8 Å². The van der Waals surface area contributed by atoms with Crippen molar-refractivity contribution in [3.05, 3.63) is 11.6 Å². The first kappa shape index (κ1) is 6.67. The summed E-state index contributed by atoms with van der Waals surface area (Å²) in [6.07, 6.45) is 9.17. The molecule has 1 nitrogen and oxygen atoms in total. The number of hydrogen-bond acceptors (Lipinski definition) is 1. The molecule has 1 N–H and O–H groups in total. The molecule has 0 aromatic carbocycles. The molecule has 0 fully saturated rings. The molecule has 0 unspecified atom stereocenters. The summed E-state index contributed by atoms with van der Waals surface area (Å²) >= 11 is 5.37. The van der Waals surface area contributed by atoms with E-state index in [-0.39, 0.29) is 6.04 Å². The van der Waals surface area contributed by atoms with Gasteiger partial charge in [0, 0.05) is 6.04 Å². The Morgan fingerprint density at radius 3 is 3.00 bits per heavy atom. The molecule has 48 valence electrons. The average Bonchev–Trinajstić information content (AvgIpc) is 2.34. The Kier molecular flexibility index (Phi) is 2.16. The van der Waals surface area contributed by atoms with Crippen molar-refractivity contribution in [3.8, 4) is 12.3 Å². The van der Waals surface area contributed by atoms with Gasteiger partial charge in [-0.25, -0.2) is 4.84 Å². The van der Waals surface area contributed by atoms with E-state index in [0.717, 1.165) is 18.4 Å². The Balaban J connectivity index is 2.53. The highest BCUT2D eigenvalue weighted by molar-refractivity contribution is 6.13. The van der Waals surface area contributed by atoms with Gasteiger partial charge in [-0.3, -0.25) is 0 Å². The fourth-order valence-electron chi connectivity index (χ4n) is 0.927. The van der Waals surface area contributed by atoms with E-state index >= 15 is 0 Å². The van der Waals surface area contributed by atoms with Crippen molar-refractivity contribution < 1.29 is 0 Å². The largest absolute Gasteiger partial charge is 0.227 e. The zero-order valence-electron chi connectivity index (χ0n) is 5.02. The van der Waals surface area contributed by atoms with E-state index in [4.69, 9.17) is 18.2 Å². The monoisotopic (exact) mass is 141 g/mol. The molecule has 0 heterocycles. The third-order valence-electron chi connectivity index (χ3n) is 1.45. The van der Waals surface area contributed by atoms with E-state index in [1.165, 1.54) is 0 Å². The van der Waals surface area contributed by atoms with E-state index < -0.39 is 0 Å². The lowest BCUT2D eigenvalue weighted by Crippen LogP contribution is -2.13. The van der Waals surface area contributed by atoms with E-state index in [9.17, 15) is 0 Å². The molecule has 0 radical (unpaired) electrons. The standard InChI is InChI=1S/C7H8ClN/c1-2-6-3-4-7(5-6)9-8/h1,5,7,9H,3-4H2/t7-/m1/s1. The van der Waals surface area contributed by atoms with Crippen LogP contribution in [0.1, 0.15) is 12.8 Å². The molecular formula is C7H8ClN. The molecule has 0 aliphatic heterocycles. The van der Waals surface area contributed by atoms with E-state index in [0.29, 0.717) is 0 Å². The predicted octanol–water partition coefficient (Wildman–Crippen LogP) is 1.45. The summed E-state index contributed by atoms with van der Waals surface area (Å²) in [5, 5.41) is 0. The van der Waals surface area contributed by atoms with Gasteiger partial charge in [0.1, 0.15) is 0 Å². The minimum absolute atomic E-state index is 0.290.